The minimum absolute atomic E-state index is 0.000605. The molecule has 0 aromatic heterocycles. The SMILES string of the molecule is CNC(=O)N1CCN(C(=O)c2ccccc2NC(=O)NC(C)C)CC1. The molecule has 3 N–H and O–H groups in total. The lowest BCUT2D eigenvalue weighted by Crippen LogP contribution is -2.52. The molecule has 1 heterocycles. The number of rotatable bonds is 3. The third-order valence-corrected chi connectivity index (χ3v) is 3.89. The molecule has 0 bridgehead atoms. The van der Waals surface area contributed by atoms with E-state index >= 15 is 0 Å². The van der Waals surface area contributed by atoms with Crippen molar-refractivity contribution in [3.05, 3.63) is 29.8 Å². The van der Waals surface area contributed by atoms with Gasteiger partial charge in [-0.05, 0) is 26.0 Å². The van der Waals surface area contributed by atoms with Gasteiger partial charge in [0.25, 0.3) is 5.91 Å². The van der Waals surface area contributed by atoms with E-state index in [1.165, 1.54) is 0 Å². The van der Waals surface area contributed by atoms with Gasteiger partial charge in [0, 0.05) is 39.3 Å². The van der Waals surface area contributed by atoms with Crippen molar-refractivity contribution in [1.29, 1.82) is 0 Å². The molecule has 1 aliphatic heterocycles. The van der Waals surface area contributed by atoms with Gasteiger partial charge in [-0.2, -0.15) is 0 Å². The van der Waals surface area contributed by atoms with E-state index in [9.17, 15) is 14.4 Å². The van der Waals surface area contributed by atoms with Crippen LogP contribution in [0.3, 0.4) is 0 Å². The summed E-state index contributed by atoms with van der Waals surface area (Å²) in [7, 11) is 1.59. The van der Waals surface area contributed by atoms with Crippen molar-refractivity contribution in [2.75, 3.05) is 38.5 Å². The number of nitrogens with one attached hydrogen (secondary N) is 3. The number of carbonyl (C=O) groups is 3. The first-order valence-electron chi connectivity index (χ1n) is 8.35. The van der Waals surface area contributed by atoms with Crippen molar-refractivity contribution in [3.8, 4) is 0 Å². The highest BCUT2D eigenvalue weighted by Gasteiger charge is 2.25. The molecular weight excluding hydrogens is 322 g/mol. The zero-order chi connectivity index (χ0) is 18.4. The molecule has 0 saturated carbocycles. The molecule has 0 unspecified atom stereocenters. The van der Waals surface area contributed by atoms with Gasteiger partial charge in [-0.15, -0.1) is 0 Å². The molecule has 8 nitrogen and oxygen atoms in total. The monoisotopic (exact) mass is 347 g/mol. The number of amides is 5. The van der Waals surface area contributed by atoms with Gasteiger partial charge in [0.2, 0.25) is 0 Å². The molecule has 2 rings (SSSR count). The average molecular weight is 347 g/mol. The quantitative estimate of drug-likeness (QED) is 0.770. The average Bonchev–Trinajstić information content (AvgIpc) is 2.60. The van der Waals surface area contributed by atoms with Crippen molar-refractivity contribution >= 4 is 23.7 Å². The molecule has 0 aliphatic carbocycles. The summed E-state index contributed by atoms with van der Waals surface area (Å²) in [4.78, 5) is 39.7. The van der Waals surface area contributed by atoms with Gasteiger partial charge in [-0.1, -0.05) is 12.1 Å². The van der Waals surface area contributed by atoms with Crippen LogP contribution in [0.4, 0.5) is 15.3 Å². The summed E-state index contributed by atoms with van der Waals surface area (Å²) in [6.07, 6.45) is 0. The molecule has 1 aromatic carbocycles. The van der Waals surface area contributed by atoms with Gasteiger partial charge in [0.05, 0.1) is 11.3 Å². The topological polar surface area (TPSA) is 93.8 Å². The lowest BCUT2D eigenvalue weighted by molar-refractivity contribution is 0.0667. The molecule has 8 heteroatoms. The number of anilines is 1. The Morgan fingerprint density at radius 2 is 1.60 bits per heavy atom. The second-order valence-electron chi connectivity index (χ2n) is 6.13. The summed E-state index contributed by atoms with van der Waals surface area (Å²) in [5, 5.41) is 8.05. The largest absolute Gasteiger partial charge is 0.341 e. The summed E-state index contributed by atoms with van der Waals surface area (Å²) in [6.45, 7) is 5.60. The van der Waals surface area contributed by atoms with E-state index in [4.69, 9.17) is 0 Å². The maximum absolute atomic E-state index is 12.8. The van der Waals surface area contributed by atoms with Gasteiger partial charge in [-0.3, -0.25) is 4.79 Å². The number of benzene rings is 1. The van der Waals surface area contributed by atoms with Gasteiger partial charge in [-0.25, -0.2) is 9.59 Å². The van der Waals surface area contributed by atoms with Crippen LogP contribution in [0.5, 0.6) is 0 Å². The van der Waals surface area contributed by atoms with Crippen molar-refractivity contribution in [2.45, 2.75) is 19.9 Å². The molecule has 5 amide bonds. The first-order chi connectivity index (χ1) is 11.9. The van der Waals surface area contributed by atoms with Crippen LogP contribution in [0, 0.1) is 0 Å². The van der Waals surface area contributed by atoms with Crippen LogP contribution in [-0.4, -0.2) is 67.0 Å². The Hall–Kier alpha value is -2.77. The number of nitrogens with zero attached hydrogens (tertiary/aromatic N) is 2. The lowest BCUT2D eigenvalue weighted by atomic mass is 10.1. The van der Waals surface area contributed by atoms with Gasteiger partial charge in [0.15, 0.2) is 0 Å². The summed E-state index contributed by atoms with van der Waals surface area (Å²) in [6, 6.07) is 6.44. The van der Waals surface area contributed by atoms with Gasteiger partial charge in [0.1, 0.15) is 0 Å². The highest BCUT2D eigenvalue weighted by atomic mass is 16.2. The Kier molecular flexibility index (Phi) is 6.21. The van der Waals surface area contributed by atoms with Crippen LogP contribution < -0.4 is 16.0 Å². The van der Waals surface area contributed by atoms with Gasteiger partial charge >= 0.3 is 12.1 Å². The molecule has 1 fully saturated rings. The smallest absolute Gasteiger partial charge is 0.319 e. The molecule has 0 atom stereocenters. The van der Waals surface area contributed by atoms with Crippen molar-refractivity contribution < 1.29 is 14.4 Å². The van der Waals surface area contributed by atoms with Crippen LogP contribution in [0.2, 0.25) is 0 Å². The molecule has 0 radical (unpaired) electrons. The lowest BCUT2D eigenvalue weighted by Gasteiger charge is -2.34. The number of carbonyl (C=O) groups excluding carboxylic acids is 3. The summed E-state index contributed by atoms with van der Waals surface area (Å²) >= 11 is 0. The first-order valence-corrected chi connectivity index (χ1v) is 8.35. The molecule has 1 saturated heterocycles. The normalized spacial score (nSPS) is 14.2. The summed E-state index contributed by atoms with van der Waals surface area (Å²) in [5.74, 6) is -0.156. The van der Waals surface area contributed by atoms with Crippen LogP contribution in [0.1, 0.15) is 24.2 Å². The number of urea groups is 2. The summed E-state index contributed by atoms with van der Waals surface area (Å²) < 4.78 is 0. The van der Waals surface area contributed by atoms with Crippen LogP contribution in [0.15, 0.2) is 24.3 Å². The second-order valence-corrected chi connectivity index (χ2v) is 6.13. The summed E-state index contributed by atoms with van der Waals surface area (Å²) in [5.41, 5.74) is 0.911. The maximum Gasteiger partial charge on any atom is 0.319 e. The first kappa shape index (κ1) is 18.6. The van der Waals surface area contributed by atoms with E-state index in [-0.39, 0.29) is 24.0 Å². The van der Waals surface area contributed by atoms with E-state index in [1.807, 2.05) is 13.8 Å². The predicted molar refractivity (Wildman–Crippen MR) is 95.7 cm³/mol. The third kappa shape index (κ3) is 4.85. The fourth-order valence-electron chi connectivity index (χ4n) is 2.64. The molecule has 25 heavy (non-hydrogen) atoms. The number of para-hydroxylation sites is 1. The maximum atomic E-state index is 12.8. The zero-order valence-corrected chi connectivity index (χ0v) is 14.8. The number of hydrogen-bond acceptors (Lipinski definition) is 3. The van der Waals surface area contributed by atoms with Gasteiger partial charge < -0.3 is 25.8 Å². The second kappa shape index (κ2) is 8.36. The highest BCUT2D eigenvalue weighted by Crippen LogP contribution is 2.18. The van der Waals surface area contributed by atoms with E-state index in [2.05, 4.69) is 16.0 Å². The van der Waals surface area contributed by atoms with Crippen LogP contribution in [0.25, 0.3) is 0 Å². The molecule has 1 aliphatic rings. The fourth-order valence-corrected chi connectivity index (χ4v) is 2.64. The molecule has 1 aromatic rings. The number of piperazine rings is 1. The van der Waals surface area contributed by atoms with E-state index in [1.54, 1.807) is 41.1 Å². The van der Waals surface area contributed by atoms with E-state index < -0.39 is 0 Å². The van der Waals surface area contributed by atoms with E-state index in [0.29, 0.717) is 37.4 Å². The van der Waals surface area contributed by atoms with Crippen molar-refractivity contribution in [1.82, 2.24) is 20.4 Å². The molecular formula is C17H25N5O3. The molecule has 136 valence electrons. The predicted octanol–water partition coefficient (Wildman–Crippen LogP) is 1.31. The highest BCUT2D eigenvalue weighted by molar-refractivity contribution is 6.03. The Morgan fingerprint density at radius 3 is 2.20 bits per heavy atom. The Balaban J connectivity index is 2.05. The third-order valence-electron chi connectivity index (χ3n) is 3.89. The van der Waals surface area contributed by atoms with Crippen LogP contribution in [-0.2, 0) is 0 Å². The zero-order valence-electron chi connectivity index (χ0n) is 14.8. The van der Waals surface area contributed by atoms with Crippen molar-refractivity contribution in [3.63, 3.8) is 0 Å². The minimum Gasteiger partial charge on any atom is -0.341 e. The Bertz CT molecular complexity index is 639. The Morgan fingerprint density at radius 1 is 1.00 bits per heavy atom. The van der Waals surface area contributed by atoms with E-state index in [0.717, 1.165) is 0 Å². The Labute approximate surface area is 147 Å². The standard InChI is InChI=1S/C17H25N5O3/c1-12(2)19-16(24)20-14-7-5-4-6-13(14)15(23)21-8-10-22(11-9-21)17(25)18-3/h4-7,12H,8-11H2,1-3H3,(H,18,25)(H2,19,20,24). The van der Waals surface area contributed by atoms with Crippen molar-refractivity contribution in [2.24, 2.45) is 0 Å². The van der Waals surface area contributed by atoms with Crippen LogP contribution >= 0.6 is 0 Å². The number of hydrogen-bond donors (Lipinski definition) is 3. The molecule has 0 spiro atoms. The fraction of sp³-hybridized carbons (Fsp3) is 0.471. The minimum atomic E-state index is -0.348.